The van der Waals surface area contributed by atoms with Gasteiger partial charge in [-0.2, -0.15) is 11.3 Å². The molecule has 0 saturated heterocycles. The largest absolute Gasteiger partial charge is 0.347 e. The van der Waals surface area contributed by atoms with Crippen molar-refractivity contribution >= 4 is 23.2 Å². The predicted octanol–water partition coefficient (Wildman–Crippen LogP) is 2.01. The summed E-state index contributed by atoms with van der Waals surface area (Å²) in [6.07, 6.45) is 4.18. The maximum absolute atomic E-state index is 11.9. The highest BCUT2D eigenvalue weighted by Gasteiger charge is 2.23. The molecule has 0 atom stereocenters. The first-order valence-corrected chi connectivity index (χ1v) is 7.64. The number of carbonyl (C=O) groups excluding carboxylic acids is 2. The maximum Gasteiger partial charge on any atom is 0.242 e. The number of hydrogen-bond acceptors (Lipinski definition) is 3. The van der Waals surface area contributed by atoms with Crippen molar-refractivity contribution in [2.45, 2.75) is 32.2 Å². The molecule has 2 rings (SSSR count). The Morgan fingerprint density at radius 2 is 2.16 bits per heavy atom. The molecule has 1 saturated carbocycles. The van der Waals surface area contributed by atoms with Gasteiger partial charge in [-0.05, 0) is 35.2 Å². The number of hydrogen-bond donors (Lipinski definition) is 1. The lowest BCUT2D eigenvalue weighted by molar-refractivity contribution is -0.133. The van der Waals surface area contributed by atoms with E-state index in [0.29, 0.717) is 6.54 Å². The summed E-state index contributed by atoms with van der Waals surface area (Å²) >= 11 is 1.62. The summed E-state index contributed by atoms with van der Waals surface area (Å²) in [4.78, 5) is 25.4. The van der Waals surface area contributed by atoms with Crippen LogP contribution in [0.1, 0.15) is 31.2 Å². The van der Waals surface area contributed by atoms with Crippen LogP contribution in [0.15, 0.2) is 16.8 Å². The molecule has 1 aliphatic carbocycles. The molecule has 0 bridgehead atoms. The molecule has 1 heterocycles. The van der Waals surface area contributed by atoms with Crippen LogP contribution in [-0.2, 0) is 16.1 Å². The molecule has 0 unspecified atom stereocenters. The number of amides is 2. The average Bonchev–Trinajstić information content (AvgIpc) is 3.07. The van der Waals surface area contributed by atoms with Crippen LogP contribution in [0.2, 0.25) is 0 Å². The molecule has 0 aromatic carbocycles. The molecule has 5 heteroatoms. The van der Waals surface area contributed by atoms with Crippen LogP contribution in [0.3, 0.4) is 0 Å². The first kappa shape index (κ1) is 14.1. The Balaban J connectivity index is 1.72. The van der Waals surface area contributed by atoms with E-state index in [2.05, 4.69) is 5.32 Å². The van der Waals surface area contributed by atoms with Crippen LogP contribution in [0.4, 0.5) is 0 Å². The third-order valence-electron chi connectivity index (χ3n) is 3.57. The molecule has 2 amide bonds. The highest BCUT2D eigenvalue weighted by molar-refractivity contribution is 7.07. The fourth-order valence-corrected chi connectivity index (χ4v) is 3.03. The molecular weight excluding hydrogens is 260 g/mol. The van der Waals surface area contributed by atoms with Crippen molar-refractivity contribution in [1.29, 1.82) is 0 Å². The lowest BCUT2D eigenvalue weighted by Gasteiger charge is -2.17. The highest BCUT2D eigenvalue weighted by Crippen LogP contribution is 2.24. The Kier molecular flexibility index (Phi) is 4.96. The zero-order chi connectivity index (χ0) is 13.7. The van der Waals surface area contributed by atoms with Crippen molar-refractivity contribution in [2.24, 2.45) is 5.92 Å². The molecule has 0 radical (unpaired) electrons. The summed E-state index contributed by atoms with van der Waals surface area (Å²) in [5.74, 6) is 0.113. The molecule has 0 aliphatic heterocycles. The summed E-state index contributed by atoms with van der Waals surface area (Å²) in [5.41, 5.74) is 1.13. The molecule has 1 fully saturated rings. The van der Waals surface area contributed by atoms with Crippen molar-refractivity contribution in [2.75, 3.05) is 13.6 Å². The molecule has 19 heavy (non-hydrogen) atoms. The van der Waals surface area contributed by atoms with Gasteiger partial charge in [-0.1, -0.05) is 12.8 Å². The van der Waals surface area contributed by atoms with E-state index in [1.54, 1.807) is 23.3 Å². The van der Waals surface area contributed by atoms with E-state index >= 15 is 0 Å². The molecule has 4 nitrogen and oxygen atoms in total. The molecule has 1 aromatic heterocycles. The summed E-state index contributed by atoms with van der Waals surface area (Å²) < 4.78 is 0. The monoisotopic (exact) mass is 280 g/mol. The lowest BCUT2D eigenvalue weighted by Crippen LogP contribution is -2.39. The van der Waals surface area contributed by atoms with Gasteiger partial charge in [0.25, 0.3) is 0 Å². The van der Waals surface area contributed by atoms with Gasteiger partial charge in [0.15, 0.2) is 0 Å². The van der Waals surface area contributed by atoms with Gasteiger partial charge in [-0.15, -0.1) is 0 Å². The second-order valence-corrected chi connectivity index (χ2v) is 5.86. The van der Waals surface area contributed by atoms with E-state index in [1.807, 2.05) is 16.8 Å². The Morgan fingerprint density at radius 3 is 2.79 bits per heavy atom. The van der Waals surface area contributed by atoms with Gasteiger partial charge in [0.05, 0.1) is 6.54 Å². The molecular formula is C14H20N2O2S. The second kappa shape index (κ2) is 6.70. The highest BCUT2D eigenvalue weighted by atomic mass is 32.1. The van der Waals surface area contributed by atoms with Gasteiger partial charge in [0, 0.05) is 19.5 Å². The average molecular weight is 280 g/mol. The minimum Gasteiger partial charge on any atom is -0.347 e. The van der Waals surface area contributed by atoms with Gasteiger partial charge in [-0.3, -0.25) is 9.59 Å². The van der Waals surface area contributed by atoms with Crippen LogP contribution in [0, 0.1) is 5.92 Å². The normalized spacial score (nSPS) is 15.4. The van der Waals surface area contributed by atoms with Crippen molar-refractivity contribution in [3.8, 4) is 0 Å². The van der Waals surface area contributed by atoms with Gasteiger partial charge >= 0.3 is 0 Å². The number of nitrogens with one attached hydrogen (secondary N) is 1. The number of thiophene rings is 1. The van der Waals surface area contributed by atoms with E-state index in [9.17, 15) is 9.59 Å². The Hall–Kier alpha value is -1.36. The molecule has 1 aromatic rings. The fourth-order valence-electron chi connectivity index (χ4n) is 2.37. The van der Waals surface area contributed by atoms with E-state index in [1.165, 1.54) is 0 Å². The standard InChI is InChI=1S/C14H20N2O2S/c1-16(9-11-6-7-19-10-11)13(17)8-15-14(18)12-4-2-3-5-12/h6-7,10,12H,2-5,8-9H2,1H3,(H,15,18). The van der Waals surface area contributed by atoms with Crippen molar-refractivity contribution in [1.82, 2.24) is 10.2 Å². The lowest BCUT2D eigenvalue weighted by atomic mass is 10.1. The predicted molar refractivity (Wildman–Crippen MR) is 75.8 cm³/mol. The van der Waals surface area contributed by atoms with Crippen LogP contribution in [0.5, 0.6) is 0 Å². The Morgan fingerprint density at radius 1 is 1.42 bits per heavy atom. The SMILES string of the molecule is CN(Cc1ccsc1)C(=O)CNC(=O)C1CCCC1. The minimum absolute atomic E-state index is 0.0368. The molecule has 104 valence electrons. The number of nitrogens with zero attached hydrogens (tertiary/aromatic N) is 1. The summed E-state index contributed by atoms with van der Waals surface area (Å²) in [6.45, 7) is 0.706. The first-order chi connectivity index (χ1) is 9.16. The molecule has 1 N–H and O–H groups in total. The minimum atomic E-state index is -0.0439. The number of carbonyl (C=O) groups is 2. The number of rotatable bonds is 5. The first-order valence-electron chi connectivity index (χ1n) is 6.69. The van der Waals surface area contributed by atoms with Gasteiger partial charge < -0.3 is 10.2 Å². The summed E-state index contributed by atoms with van der Waals surface area (Å²) in [6, 6.07) is 2.01. The third kappa shape index (κ3) is 4.06. The maximum atomic E-state index is 11.9. The quantitative estimate of drug-likeness (QED) is 0.897. The summed E-state index contributed by atoms with van der Waals surface area (Å²) in [5, 5.41) is 6.78. The Bertz CT molecular complexity index is 425. The van der Waals surface area contributed by atoms with Crippen LogP contribution in [-0.4, -0.2) is 30.3 Å². The van der Waals surface area contributed by atoms with Crippen LogP contribution in [0.25, 0.3) is 0 Å². The zero-order valence-corrected chi connectivity index (χ0v) is 12.0. The third-order valence-corrected chi connectivity index (χ3v) is 4.30. The van der Waals surface area contributed by atoms with E-state index in [4.69, 9.17) is 0 Å². The topological polar surface area (TPSA) is 49.4 Å². The Labute approximate surface area is 117 Å². The molecule has 1 aliphatic rings. The fraction of sp³-hybridized carbons (Fsp3) is 0.571. The van der Waals surface area contributed by atoms with E-state index in [0.717, 1.165) is 31.2 Å². The summed E-state index contributed by atoms with van der Waals surface area (Å²) in [7, 11) is 1.77. The van der Waals surface area contributed by atoms with Crippen molar-refractivity contribution in [3.05, 3.63) is 22.4 Å². The van der Waals surface area contributed by atoms with Crippen molar-refractivity contribution in [3.63, 3.8) is 0 Å². The van der Waals surface area contributed by atoms with Gasteiger partial charge in [0.1, 0.15) is 0 Å². The van der Waals surface area contributed by atoms with Gasteiger partial charge in [-0.25, -0.2) is 0 Å². The van der Waals surface area contributed by atoms with E-state index < -0.39 is 0 Å². The van der Waals surface area contributed by atoms with Crippen LogP contribution < -0.4 is 5.32 Å². The second-order valence-electron chi connectivity index (χ2n) is 5.08. The number of likely N-dealkylation sites (N-methyl/N-ethyl adjacent to an activating group) is 1. The van der Waals surface area contributed by atoms with Crippen LogP contribution >= 0.6 is 11.3 Å². The van der Waals surface area contributed by atoms with E-state index in [-0.39, 0.29) is 24.3 Å². The smallest absolute Gasteiger partial charge is 0.242 e. The van der Waals surface area contributed by atoms with Crippen molar-refractivity contribution < 1.29 is 9.59 Å². The molecule has 0 spiro atoms. The van der Waals surface area contributed by atoms with Gasteiger partial charge in [0.2, 0.25) is 11.8 Å². The zero-order valence-electron chi connectivity index (χ0n) is 11.2.